The van der Waals surface area contributed by atoms with E-state index in [1.807, 2.05) is 12.1 Å². The third kappa shape index (κ3) is 2.45. The summed E-state index contributed by atoms with van der Waals surface area (Å²) < 4.78 is 5.24. The fraction of sp³-hybridized carbons (Fsp3) is 0.591. The van der Waals surface area contributed by atoms with Crippen LogP contribution in [0.3, 0.4) is 0 Å². The van der Waals surface area contributed by atoms with E-state index in [1.54, 1.807) is 7.11 Å². The molecule has 2 atom stereocenters. The molecule has 2 unspecified atom stereocenters. The molecule has 0 radical (unpaired) electrons. The first-order valence-corrected chi connectivity index (χ1v) is 9.77. The van der Waals surface area contributed by atoms with Gasteiger partial charge in [0.25, 0.3) is 0 Å². The highest BCUT2D eigenvalue weighted by Gasteiger charge is 2.61. The summed E-state index contributed by atoms with van der Waals surface area (Å²) in [5.41, 5.74) is 2.21. The molecule has 1 aromatic carbocycles. The number of methoxy groups -OCH3 is 1. The van der Waals surface area contributed by atoms with Gasteiger partial charge in [-0.3, -0.25) is 4.79 Å². The zero-order chi connectivity index (χ0) is 18.5. The van der Waals surface area contributed by atoms with E-state index in [0.717, 1.165) is 44.8 Å². The molecule has 2 saturated carbocycles. The predicted molar refractivity (Wildman–Crippen MR) is 104 cm³/mol. The van der Waals surface area contributed by atoms with Gasteiger partial charge in [0.15, 0.2) is 0 Å². The van der Waals surface area contributed by atoms with Crippen LogP contribution in [-0.4, -0.2) is 44.1 Å². The average molecular weight is 354 g/mol. The van der Waals surface area contributed by atoms with E-state index in [0.29, 0.717) is 11.8 Å². The molecule has 26 heavy (non-hydrogen) atoms. The van der Waals surface area contributed by atoms with Gasteiger partial charge in [-0.05, 0) is 54.9 Å². The molecule has 0 aromatic heterocycles. The molecule has 1 aliphatic heterocycles. The number of hydrogen-bond acceptors (Lipinski definition) is 3. The van der Waals surface area contributed by atoms with Crippen LogP contribution in [0.2, 0.25) is 0 Å². The summed E-state index contributed by atoms with van der Waals surface area (Å²) in [6.45, 7) is 12.3. The quantitative estimate of drug-likeness (QED) is 0.776. The van der Waals surface area contributed by atoms with Crippen molar-refractivity contribution in [2.24, 2.45) is 16.7 Å². The van der Waals surface area contributed by atoms with Crippen LogP contribution in [0.4, 0.5) is 5.69 Å². The highest BCUT2D eigenvalue weighted by atomic mass is 16.5. The van der Waals surface area contributed by atoms with Gasteiger partial charge in [0.05, 0.1) is 12.5 Å². The Kier molecular flexibility index (Phi) is 4.05. The number of carbonyl (C=O) groups is 1. The van der Waals surface area contributed by atoms with Crippen LogP contribution in [0.15, 0.2) is 36.4 Å². The number of rotatable bonds is 3. The van der Waals surface area contributed by atoms with E-state index < -0.39 is 0 Å². The lowest BCUT2D eigenvalue weighted by Gasteiger charge is -2.42. The van der Waals surface area contributed by atoms with Gasteiger partial charge < -0.3 is 14.5 Å². The van der Waals surface area contributed by atoms with Crippen molar-refractivity contribution in [3.8, 4) is 5.75 Å². The van der Waals surface area contributed by atoms with Crippen LogP contribution in [0.1, 0.15) is 33.1 Å². The van der Waals surface area contributed by atoms with Gasteiger partial charge in [0.2, 0.25) is 5.91 Å². The van der Waals surface area contributed by atoms with Gasteiger partial charge in [-0.1, -0.05) is 26.0 Å². The Morgan fingerprint density at radius 1 is 1.15 bits per heavy atom. The first-order chi connectivity index (χ1) is 12.4. The van der Waals surface area contributed by atoms with E-state index in [-0.39, 0.29) is 10.8 Å². The fourth-order valence-corrected chi connectivity index (χ4v) is 5.39. The van der Waals surface area contributed by atoms with Gasteiger partial charge in [0, 0.05) is 31.9 Å². The van der Waals surface area contributed by atoms with E-state index >= 15 is 0 Å². The van der Waals surface area contributed by atoms with Crippen molar-refractivity contribution in [2.75, 3.05) is 38.2 Å². The Labute approximate surface area is 156 Å². The van der Waals surface area contributed by atoms with Crippen LogP contribution in [0, 0.1) is 16.7 Å². The topological polar surface area (TPSA) is 32.8 Å². The van der Waals surface area contributed by atoms with Crippen molar-refractivity contribution >= 4 is 11.6 Å². The predicted octanol–water partition coefficient (Wildman–Crippen LogP) is 3.73. The van der Waals surface area contributed by atoms with Crippen LogP contribution in [0.25, 0.3) is 0 Å². The molecule has 4 heteroatoms. The summed E-state index contributed by atoms with van der Waals surface area (Å²) in [5.74, 6) is 1.84. The van der Waals surface area contributed by atoms with Crippen molar-refractivity contribution in [3.05, 3.63) is 36.4 Å². The van der Waals surface area contributed by atoms with Gasteiger partial charge in [0.1, 0.15) is 5.75 Å². The second-order valence-electron chi connectivity index (χ2n) is 8.70. The summed E-state index contributed by atoms with van der Waals surface area (Å²) in [4.78, 5) is 17.9. The maximum absolute atomic E-state index is 13.4. The molecule has 140 valence electrons. The molecule has 3 fully saturated rings. The molecule has 2 bridgehead atoms. The van der Waals surface area contributed by atoms with Gasteiger partial charge in [-0.15, -0.1) is 0 Å². The minimum absolute atomic E-state index is 0.110. The summed E-state index contributed by atoms with van der Waals surface area (Å²) in [6.07, 6.45) is 3.18. The molecular formula is C22H30N2O2. The standard InChI is InChI=1S/C22H30N2O2/c1-16-21(2,3)17-9-10-22(16,15-17)20(25)24-13-11-23(12-14-24)18-5-7-19(26-4)8-6-18/h5-8,17H,1,9-15H2,2-4H3. The van der Waals surface area contributed by atoms with E-state index in [9.17, 15) is 4.79 Å². The van der Waals surface area contributed by atoms with Crippen molar-refractivity contribution in [3.63, 3.8) is 0 Å². The normalized spacial score (nSPS) is 30.0. The monoisotopic (exact) mass is 354 g/mol. The number of nitrogens with zero attached hydrogens (tertiary/aromatic N) is 2. The molecule has 4 rings (SSSR count). The Morgan fingerprint density at radius 2 is 1.81 bits per heavy atom. The largest absolute Gasteiger partial charge is 0.497 e. The van der Waals surface area contributed by atoms with Gasteiger partial charge in [-0.2, -0.15) is 0 Å². The van der Waals surface area contributed by atoms with Crippen LogP contribution in [-0.2, 0) is 4.79 Å². The Bertz CT molecular complexity index is 716. The molecule has 0 N–H and O–H groups in total. The maximum Gasteiger partial charge on any atom is 0.233 e. The van der Waals surface area contributed by atoms with Crippen LogP contribution in [0.5, 0.6) is 5.75 Å². The molecule has 2 aliphatic carbocycles. The lowest BCUT2D eigenvalue weighted by molar-refractivity contribution is -0.140. The number of anilines is 1. The van der Waals surface area contributed by atoms with E-state index in [4.69, 9.17) is 4.74 Å². The van der Waals surface area contributed by atoms with Crippen molar-refractivity contribution in [1.82, 2.24) is 4.90 Å². The van der Waals surface area contributed by atoms with Crippen LogP contribution >= 0.6 is 0 Å². The maximum atomic E-state index is 13.4. The zero-order valence-electron chi connectivity index (χ0n) is 16.3. The summed E-state index contributed by atoms with van der Waals surface area (Å²) in [6, 6.07) is 8.18. The first kappa shape index (κ1) is 17.4. The lowest BCUT2D eigenvalue weighted by atomic mass is 9.68. The summed E-state index contributed by atoms with van der Waals surface area (Å²) in [7, 11) is 1.69. The molecule has 1 amide bonds. The third-order valence-corrected chi connectivity index (χ3v) is 7.30. The summed E-state index contributed by atoms with van der Waals surface area (Å²) in [5, 5.41) is 0. The molecule has 1 saturated heterocycles. The number of fused-ring (bicyclic) bond motifs is 2. The van der Waals surface area contributed by atoms with Crippen molar-refractivity contribution < 1.29 is 9.53 Å². The number of amides is 1. The highest BCUT2D eigenvalue weighted by molar-refractivity contribution is 5.88. The lowest BCUT2D eigenvalue weighted by Crippen LogP contribution is -2.53. The average Bonchev–Trinajstić information content (AvgIpc) is 3.20. The van der Waals surface area contributed by atoms with Gasteiger partial charge >= 0.3 is 0 Å². The zero-order valence-corrected chi connectivity index (χ0v) is 16.3. The minimum atomic E-state index is -0.281. The van der Waals surface area contributed by atoms with Gasteiger partial charge in [-0.25, -0.2) is 0 Å². The van der Waals surface area contributed by atoms with Crippen LogP contribution < -0.4 is 9.64 Å². The molecule has 4 nitrogen and oxygen atoms in total. The Morgan fingerprint density at radius 3 is 2.35 bits per heavy atom. The number of piperazine rings is 1. The SMILES string of the molecule is C=C1C2(C(=O)N3CCN(c4ccc(OC)cc4)CC3)CCC(C2)C1(C)C. The Balaban J connectivity index is 1.43. The Hall–Kier alpha value is -1.97. The van der Waals surface area contributed by atoms with E-state index in [2.05, 4.69) is 42.4 Å². The smallest absolute Gasteiger partial charge is 0.233 e. The number of carbonyl (C=O) groups excluding carboxylic acids is 1. The third-order valence-electron chi connectivity index (χ3n) is 7.30. The minimum Gasteiger partial charge on any atom is -0.497 e. The number of ether oxygens (including phenoxy) is 1. The van der Waals surface area contributed by atoms with Crippen molar-refractivity contribution in [1.29, 1.82) is 0 Å². The molecule has 1 heterocycles. The van der Waals surface area contributed by atoms with E-state index in [1.165, 1.54) is 17.7 Å². The second kappa shape index (κ2) is 6.04. The number of benzene rings is 1. The summed E-state index contributed by atoms with van der Waals surface area (Å²) >= 11 is 0. The molecular weight excluding hydrogens is 324 g/mol. The first-order valence-electron chi connectivity index (χ1n) is 9.77. The number of hydrogen-bond donors (Lipinski definition) is 0. The second-order valence-corrected chi connectivity index (χ2v) is 8.70. The highest BCUT2D eigenvalue weighted by Crippen LogP contribution is 2.65. The molecule has 3 aliphatic rings. The molecule has 0 spiro atoms. The molecule has 1 aromatic rings. The van der Waals surface area contributed by atoms with Crippen molar-refractivity contribution in [2.45, 2.75) is 33.1 Å². The fourth-order valence-electron chi connectivity index (χ4n) is 5.39.